The van der Waals surface area contributed by atoms with Crippen LogP contribution in [0.15, 0.2) is 12.2 Å². The van der Waals surface area contributed by atoms with Crippen LogP contribution in [0.3, 0.4) is 0 Å². The summed E-state index contributed by atoms with van der Waals surface area (Å²) >= 11 is 0. The predicted octanol–water partition coefficient (Wildman–Crippen LogP) is 4.47. The van der Waals surface area contributed by atoms with Gasteiger partial charge in [-0.05, 0) is 31.1 Å². The van der Waals surface area contributed by atoms with Gasteiger partial charge in [0.2, 0.25) is 11.8 Å². The normalized spacial score (nSPS) is 38.2. The lowest BCUT2D eigenvalue weighted by Gasteiger charge is -2.28. The van der Waals surface area contributed by atoms with Gasteiger partial charge >= 0.3 is 0 Å². The highest BCUT2D eigenvalue weighted by Gasteiger charge is 2.60. The molecule has 0 spiro atoms. The zero-order valence-electron chi connectivity index (χ0n) is 14.8. The fraction of sp³-hybridized carbons (Fsp3) is 0.810. The summed E-state index contributed by atoms with van der Waals surface area (Å²) in [6, 6.07) is 0.175. The highest BCUT2D eigenvalue weighted by Crippen LogP contribution is 2.53. The second-order valence-corrected chi connectivity index (χ2v) is 8.46. The molecule has 24 heavy (non-hydrogen) atoms. The molecule has 3 fully saturated rings. The van der Waals surface area contributed by atoms with Gasteiger partial charge in [-0.15, -0.1) is 0 Å². The van der Waals surface area contributed by atoms with Crippen molar-refractivity contribution in [3.8, 4) is 0 Å². The lowest BCUT2D eigenvalue weighted by Crippen LogP contribution is -2.42. The Labute approximate surface area is 145 Å². The molecule has 2 bridgehead atoms. The smallest absolute Gasteiger partial charge is 0.233 e. The van der Waals surface area contributed by atoms with Gasteiger partial charge in [-0.2, -0.15) is 0 Å². The SMILES string of the molecule is O=C1[C@@H]2[C@H](C(=O)N1C1CCCCCCCCCCC1)[C@H]1C=C[C@H]2C1. The van der Waals surface area contributed by atoms with Crippen LogP contribution in [0.4, 0.5) is 0 Å². The summed E-state index contributed by atoms with van der Waals surface area (Å²) in [5, 5.41) is 0. The average Bonchev–Trinajstić information content (AvgIpc) is 3.23. The van der Waals surface area contributed by atoms with E-state index in [0.29, 0.717) is 11.8 Å². The molecule has 0 aromatic carbocycles. The second kappa shape index (κ2) is 7.01. The molecule has 0 aromatic heterocycles. The van der Waals surface area contributed by atoms with E-state index in [9.17, 15) is 9.59 Å². The van der Waals surface area contributed by atoms with E-state index in [4.69, 9.17) is 0 Å². The summed E-state index contributed by atoms with van der Waals surface area (Å²) in [7, 11) is 0. The summed E-state index contributed by atoms with van der Waals surface area (Å²) in [6.07, 6.45) is 19.0. The minimum absolute atomic E-state index is 0.0196. The van der Waals surface area contributed by atoms with Gasteiger partial charge in [-0.25, -0.2) is 0 Å². The average molecular weight is 329 g/mol. The number of allylic oxidation sites excluding steroid dienone is 2. The Morgan fingerprint density at radius 3 is 1.54 bits per heavy atom. The number of fused-ring (bicyclic) bond motifs is 5. The summed E-state index contributed by atoms with van der Waals surface area (Å²) in [5.74, 6) is 0.973. The standard InChI is InChI=1S/C21H31NO2/c23-20-18-15-12-13-16(14-15)19(18)21(24)22(20)17-10-8-6-4-2-1-3-5-7-9-11-17/h12-13,15-19H,1-11,14H2/t15-,16-,18-,19+/m0/s1. The molecule has 2 amide bonds. The van der Waals surface area contributed by atoms with Crippen LogP contribution < -0.4 is 0 Å². The van der Waals surface area contributed by atoms with Crippen LogP contribution in [0.25, 0.3) is 0 Å². The number of hydrogen-bond donors (Lipinski definition) is 0. The van der Waals surface area contributed by atoms with Gasteiger partial charge in [0.25, 0.3) is 0 Å². The molecule has 3 heteroatoms. The molecule has 0 radical (unpaired) electrons. The molecule has 0 aromatic rings. The maximum absolute atomic E-state index is 13.0. The monoisotopic (exact) mass is 329 g/mol. The van der Waals surface area contributed by atoms with Crippen molar-refractivity contribution in [1.29, 1.82) is 0 Å². The van der Waals surface area contributed by atoms with E-state index in [1.807, 2.05) is 0 Å². The third-order valence-electron chi connectivity index (χ3n) is 6.94. The molecule has 1 saturated heterocycles. The van der Waals surface area contributed by atoms with Crippen molar-refractivity contribution >= 4 is 11.8 Å². The Morgan fingerprint density at radius 1 is 0.667 bits per heavy atom. The number of carbonyl (C=O) groups excluding carboxylic acids is 2. The first-order valence-corrected chi connectivity index (χ1v) is 10.3. The highest BCUT2D eigenvalue weighted by atomic mass is 16.2. The Bertz CT molecular complexity index is 484. The molecule has 4 rings (SSSR count). The molecule has 2 saturated carbocycles. The van der Waals surface area contributed by atoms with Crippen LogP contribution in [0.1, 0.15) is 77.0 Å². The summed E-state index contributed by atoms with van der Waals surface area (Å²) in [5.41, 5.74) is 0. The fourth-order valence-corrected chi connectivity index (χ4v) is 5.69. The number of amides is 2. The first-order chi connectivity index (χ1) is 11.8. The van der Waals surface area contributed by atoms with Gasteiger partial charge in [0.05, 0.1) is 11.8 Å². The number of likely N-dealkylation sites (tertiary alicyclic amines) is 1. The maximum Gasteiger partial charge on any atom is 0.233 e. The first kappa shape index (κ1) is 16.4. The van der Waals surface area contributed by atoms with Crippen LogP contribution in [-0.4, -0.2) is 22.8 Å². The zero-order chi connectivity index (χ0) is 16.5. The van der Waals surface area contributed by atoms with Crippen molar-refractivity contribution in [2.75, 3.05) is 0 Å². The van der Waals surface area contributed by atoms with Crippen LogP contribution >= 0.6 is 0 Å². The lowest BCUT2D eigenvalue weighted by molar-refractivity contribution is -0.143. The minimum atomic E-state index is -0.0196. The summed E-state index contributed by atoms with van der Waals surface area (Å²) in [6.45, 7) is 0. The van der Waals surface area contributed by atoms with Crippen LogP contribution in [0, 0.1) is 23.7 Å². The molecule has 0 unspecified atom stereocenters. The van der Waals surface area contributed by atoms with Crippen molar-refractivity contribution in [3.63, 3.8) is 0 Å². The van der Waals surface area contributed by atoms with E-state index in [1.165, 1.54) is 57.8 Å². The van der Waals surface area contributed by atoms with Gasteiger partial charge in [0.1, 0.15) is 0 Å². The molecular weight excluding hydrogens is 298 g/mol. The van der Waals surface area contributed by atoms with Gasteiger partial charge in [0.15, 0.2) is 0 Å². The summed E-state index contributed by atoms with van der Waals surface area (Å²) in [4.78, 5) is 27.8. The maximum atomic E-state index is 13.0. The molecular formula is C21H31NO2. The number of hydrogen-bond acceptors (Lipinski definition) is 2. The Balaban J connectivity index is 1.46. The molecule has 0 N–H and O–H groups in total. The van der Waals surface area contributed by atoms with Gasteiger partial charge in [-0.3, -0.25) is 14.5 Å². The quantitative estimate of drug-likeness (QED) is 0.526. The van der Waals surface area contributed by atoms with Crippen molar-refractivity contribution in [2.24, 2.45) is 23.7 Å². The largest absolute Gasteiger partial charge is 0.279 e. The van der Waals surface area contributed by atoms with E-state index in [0.717, 1.165) is 19.3 Å². The Hall–Kier alpha value is -1.12. The number of imide groups is 1. The first-order valence-electron chi connectivity index (χ1n) is 10.3. The topological polar surface area (TPSA) is 37.4 Å². The van der Waals surface area contributed by atoms with Gasteiger partial charge in [0, 0.05) is 6.04 Å². The lowest BCUT2D eigenvalue weighted by atomic mass is 9.85. The molecule has 3 nitrogen and oxygen atoms in total. The minimum Gasteiger partial charge on any atom is -0.279 e. The number of rotatable bonds is 1. The molecule has 4 aliphatic rings. The molecule has 1 aliphatic heterocycles. The Kier molecular flexibility index (Phi) is 4.78. The van der Waals surface area contributed by atoms with E-state index in [1.54, 1.807) is 4.90 Å². The van der Waals surface area contributed by atoms with Crippen molar-refractivity contribution in [3.05, 3.63) is 12.2 Å². The number of nitrogens with zero attached hydrogens (tertiary/aromatic N) is 1. The summed E-state index contributed by atoms with van der Waals surface area (Å²) < 4.78 is 0. The third-order valence-corrected chi connectivity index (χ3v) is 6.94. The van der Waals surface area contributed by atoms with Crippen molar-refractivity contribution in [2.45, 2.75) is 83.1 Å². The molecule has 1 heterocycles. The second-order valence-electron chi connectivity index (χ2n) is 8.46. The molecule has 3 aliphatic carbocycles. The molecule has 132 valence electrons. The van der Waals surface area contributed by atoms with E-state index in [2.05, 4.69) is 12.2 Å². The number of carbonyl (C=O) groups is 2. The molecule has 4 atom stereocenters. The van der Waals surface area contributed by atoms with Crippen molar-refractivity contribution < 1.29 is 9.59 Å². The van der Waals surface area contributed by atoms with Crippen molar-refractivity contribution in [1.82, 2.24) is 4.90 Å². The third kappa shape index (κ3) is 2.84. The van der Waals surface area contributed by atoms with Crippen LogP contribution in [0.5, 0.6) is 0 Å². The van der Waals surface area contributed by atoms with Gasteiger partial charge in [-0.1, -0.05) is 69.9 Å². The van der Waals surface area contributed by atoms with Crippen LogP contribution in [0.2, 0.25) is 0 Å². The van der Waals surface area contributed by atoms with E-state index >= 15 is 0 Å². The fourth-order valence-electron chi connectivity index (χ4n) is 5.69. The van der Waals surface area contributed by atoms with Gasteiger partial charge < -0.3 is 0 Å². The van der Waals surface area contributed by atoms with E-state index in [-0.39, 0.29) is 29.7 Å². The predicted molar refractivity (Wildman–Crippen MR) is 94.1 cm³/mol. The zero-order valence-corrected chi connectivity index (χ0v) is 14.8. The van der Waals surface area contributed by atoms with E-state index < -0.39 is 0 Å². The highest BCUT2D eigenvalue weighted by molar-refractivity contribution is 6.06. The van der Waals surface area contributed by atoms with Crippen LogP contribution in [-0.2, 0) is 9.59 Å². The Morgan fingerprint density at radius 2 is 1.08 bits per heavy atom.